The normalized spacial score (nSPS) is 11.5. The summed E-state index contributed by atoms with van der Waals surface area (Å²) in [7, 11) is 0. The summed E-state index contributed by atoms with van der Waals surface area (Å²) in [6.45, 7) is 9.99. The molecule has 0 spiro atoms. The maximum absolute atomic E-state index is 11.4. The second-order valence-electron chi connectivity index (χ2n) is 6.18. The number of carbonyl (C=O) groups excluding carboxylic acids is 1. The SMILES string of the molecule is CCCCc1nccn1CCOCCNC(=O)OC(C)(C)C. The van der Waals surface area contributed by atoms with Gasteiger partial charge in [-0.1, -0.05) is 13.3 Å². The number of aryl methyl sites for hydroxylation is 1. The predicted molar refractivity (Wildman–Crippen MR) is 85.9 cm³/mol. The van der Waals surface area contributed by atoms with Crippen LogP contribution in [-0.4, -0.2) is 41.0 Å². The summed E-state index contributed by atoms with van der Waals surface area (Å²) in [5, 5.41) is 2.67. The summed E-state index contributed by atoms with van der Waals surface area (Å²) in [6.07, 6.45) is 6.72. The number of alkyl carbamates (subject to hydrolysis) is 1. The minimum atomic E-state index is -0.471. The first-order chi connectivity index (χ1) is 10.4. The molecule has 0 saturated carbocycles. The van der Waals surface area contributed by atoms with E-state index in [0.29, 0.717) is 19.8 Å². The van der Waals surface area contributed by atoms with E-state index < -0.39 is 11.7 Å². The van der Waals surface area contributed by atoms with Gasteiger partial charge in [0.25, 0.3) is 0 Å². The van der Waals surface area contributed by atoms with Gasteiger partial charge >= 0.3 is 6.09 Å². The Balaban J connectivity index is 2.11. The van der Waals surface area contributed by atoms with Crippen LogP contribution >= 0.6 is 0 Å². The zero-order valence-electron chi connectivity index (χ0n) is 14.2. The first-order valence-electron chi connectivity index (χ1n) is 7.97. The van der Waals surface area contributed by atoms with Crippen LogP contribution in [0, 0.1) is 0 Å². The number of rotatable bonds is 9. The number of unbranched alkanes of at least 4 members (excludes halogenated alkanes) is 1. The molecule has 22 heavy (non-hydrogen) atoms. The first-order valence-corrected chi connectivity index (χ1v) is 7.97. The van der Waals surface area contributed by atoms with Gasteiger partial charge in [-0.05, 0) is 27.2 Å². The van der Waals surface area contributed by atoms with Gasteiger partial charge in [0.15, 0.2) is 0 Å². The Kier molecular flexibility index (Phi) is 7.95. The molecule has 0 radical (unpaired) electrons. The van der Waals surface area contributed by atoms with Crippen LogP contribution in [0.2, 0.25) is 0 Å². The summed E-state index contributed by atoms with van der Waals surface area (Å²) < 4.78 is 12.8. The summed E-state index contributed by atoms with van der Waals surface area (Å²) >= 11 is 0. The van der Waals surface area contributed by atoms with Crippen molar-refractivity contribution in [3.63, 3.8) is 0 Å². The van der Waals surface area contributed by atoms with E-state index in [2.05, 4.69) is 21.8 Å². The van der Waals surface area contributed by atoms with Crippen LogP contribution in [0.5, 0.6) is 0 Å². The number of nitrogens with one attached hydrogen (secondary N) is 1. The lowest BCUT2D eigenvalue weighted by molar-refractivity contribution is 0.0497. The molecule has 0 unspecified atom stereocenters. The third-order valence-corrected chi connectivity index (χ3v) is 2.95. The van der Waals surface area contributed by atoms with Crippen molar-refractivity contribution >= 4 is 6.09 Å². The molecule has 6 nitrogen and oxygen atoms in total. The molecular formula is C16H29N3O3. The van der Waals surface area contributed by atoms with Gasteiger partial charge in [0.05, 0.1) is 13.2 Å². The molecule has 0 saturated heterocycles. The molecule has 0 aliphatic rings. The van der Waals surface area contributed by atoms with Crippen molar-refractivity contribution in [1.29, 1.82) is 0 Å². The van der Waals surface area contributed by atoms with E-state index in [-0.39, 0.29) is 0 Å². The van der Waals surface area contributed by atoms with Crippen molar-refractivity contribution in [1.82, 2.24) is 14.9 Å². The topological polar surface area (TPSA) is 65.4 Å². The fraction of sp³-hybridized carbons (Fsp3) is 0.750. The Morgan fingerprint density at radius 3 is 2.82 bits per heavy atom. The van der Waals surface area contributed by atoms with Gasteiger partial charge < -0.3 is 19.4 Å². The van der Waals surface area contributed by atoms with Gasteiger partial charge in [0.1, 0.15) is 11.4 Å². The smallest absolute Gasteiger partial charge is 0.407 e. The Morgan fingerprint density at radius 1 is 1.36 bits per heavy atom. The number of aromatic nitrogens is 2. The van der Waals surface area contributed by atoms with E-state index in [1.807, 2.05) is 33.2 Å². The summed E-state index contributed by atoms with van der Waals surface area (Å²) in [4.78, 5) is 15.8. The molecule has 1 N–H and O–H groups in total. The Bertz CT molecular complexity index is 438. The average Bonchev–Trinajstić information content (AvgIpc) is 2.85. The third-order valence-electron chi connectivity index (χ3n) is 2.95. The molecule has 1 aromatic rings. The van der Waals surface area contributed by atoms with Gasteiger partial charge in [0, 0.05) is 31.9 Å². The number of amides is 1. The molecule has 6 heteroatoms. The molecule has 1 amide bonds. The number of imidazole rings is 1. The number of hydrogen-bond donors (Lipinski definition) is 1. The van der Waals surface area contributed by atoms with Crippen molar-refractivity contribution in [2.45, 2.75) is 59.1 Å². The Hall–Kier alpha value is -1.56. The van der Waals surface area contributed by atoms with E-state index in [9.17, 15) is 4.79 Å². The van der Waals surface area contributed by atoms with E-state index in [1.54, 1.807) is 0 Å². The van der Waals surface area contributed by atoms with Crippen molar-refractivity contribution in [3.8, 4) is 0 Å². The van der Waals surface area contributed by atoms with Crippen LogP contribution in [0.15, 0.2) is 12.4 Å². The minimum Gasteiger partial charge on any atom is -0.444 e. The Labute approximate surface area is 133 Å². The van der Waals surface area contributed by atoms with E-state index in [1.165, 1.54) is 6.42 Å². The molecular weight excluding hydrogens is 282 g/mol. The number of nitrogens with zero attached hydrogens (tertiary/aromatic N) is 2. The fourth-order valence-corrected chi connectivity index (χ4v) is 1.91. The molecule has 0 aliphatic carbocycles. The second kappa shape index (κ2) is 9.46. The largest absolute Gasteiger partial charge is 0.444 e. The highest BCUT2D eigenvalue weighted by molar-refractivity contribution is 5.67. The lowest BCUT2D eigenvalue weighted by Crippen LogP contribution is -2.34. The summed E-state index contributed by atoms with van der Waals surface area (Å²) in [6, 6.07) is 0. The van der Waals surface area contributed by atoms with Crippen LogP contribution in [-0.2, 0) is 22.4 Å². The molecule has 1 rings (SSSR count). The molecule has 1 aromatic heterocycles. The third kappa shape index (κ3) is 8.02. The van der Waals surface area contributed by atoms with Gasteiger partial charge in [-0.3, -0.25) is 0 Å². The first kappa shape index (κ1) is 18.5. The van der Waals surface area contributed by atoms with Gasteiger partial charge in [-0.15, -0.1) is 0 Å². The molecule has 0 fully saturated rings. The van der Waals surface area contributed by atoms with Crippen LogP contribution in [0.1, 0.15) is 46.4 Å². The van der Waals surface area contributed by atoms with Crippen molar-refractivity contribution in [2.24, 2.45) is 0 Å². The highest BCUT2D eigenvalue weighted by Crippen LogP contribution is 2.06. The highest BCUT2D eigenvalue weighted by atomic mass is 16.6. The molecule has 0 aliphatic heterocycles. The zero-order chi connectivity index (χ0) is 16.4. The lowest BCUT2D eigenvalue weighted by Gasteiger charge is -2.19. The number of ether oxygens (including phenoxy) is 2. The summed E-state index contributed by atoms with van der Waals surface area (Å²) in [5.41, 5.74) is -0.471. The van der Waals surface area contributed by atoms with E-state index >= 15 is 0 Å². The zero-order valence-corrected chi connectivity index (χ0v) is 14.2. The maximum Gasteiger partial charge on any atom is 0.407 e. The second-order valence-corrected chi connectivity index (χ2v) is 6.18. The van der Waals surface area contributed by atoms with E-state index in [4.69, 9.17) is 9.47 Å². The van der Waals surface area contributed by atoms with Crippen molar-refractivity contribution in [2.75, 3.05) is 19.8 Å². The standard InChI is InChI=1S/C16H29N3O3/c1-5-6-7-14-17-8-10-19(14)11-13-21-12-9-18-15(20)22-16(2,3)4/h8,10H,5-7,9,11-13H2,1-4H3,(H,18,20). The molecule has 1 heterocycles. The molecule has 0 bridgehead atoms. The van der Waals surface area contributed by atoms with Crippen molar-refractivity contribution < 1.29 is 14.3 Å². The van der Waals surface area contributed by atoms with Crippen molar-refractivity contribution in [3.05, 3.63) is 18.2 Å². The van der Waals surface area contributed by atoms with Crippen LogP contribution in [0.4, 0.5) is 4.79 Å². The van der Waals surface area contributed by atoms with Crippen LogP contribution in [0.25, 0.3) is 0 Å². The lowest BCUT2D eigenvalue weighted by atomic mass is 10.2. The van der Waals surface area contributed by atoms with E-state index in [0.717, 1.165) is 25.2 Å². The van der Waals surface area contributed by atoms with Gasteiger partial charge in [-0.2, -0.15) is 0 Å². The predicted octanol–water partition coefficient (Wildman–Crippen LogP) is 2.77. The molecule has 126 valence electrons. The number of carbonyl (C=O) groups is 1. The maximum atomic E-state index is 11.4. The average molecular weight is 311 g/mol. The molecule has 0 atom stereocenters. The number of hydrogen-bond acceptors (Lipinski definition) is 4. The fourth-order valence-electron chi connectivity index (χ4n) is 1.91. The van der Waals surface area contributed by atoms with Gasteiger partial charge in [0.2, 0.25) is 0 Å². The summed E-state index contributed by atoms with van der Waals surface area (Å²) in [5.74, 6) is 1.11. The van der Waals surface area contributed by atoms with Gasteiger partial charge in [-0.25, -0.2) is 9.78 Å². The minimum absolute atomic E-state index is 0.410. The highest BCUT2D eigenvalue weighted by Gasteiger charge is 2.15. The monoisotopic (exact) mass is 311 g/mol. The van der Waals surface area contributed by atoms with Crippen LogP contribution in [0.3, 0.4) is 0 Å². The van der Waals surface area contributed by atoms with Crippen LogP contribution < -0.4 is 5.32 Å². The Morgan fingerprint density at radius 2 is 2.14 bits per heavy atom. The quantitative estimate of drug-likeness (QED) is 0.712. The molecule has 0 aromatic carbocycles.